The fraction of sp³-hybridized carbons (Fsp3) is 0.135. The van der Waals surface area contributed by atoms with E-state index in [1.54, 1.807) is 0 Å². The third-order valence-electron chi connectivity index (χ3n) is 7.46. The van der Waals surface area contributed by atoms with Crippen LogP contribution in [0.5, 0.6) is 0 Å². The van der Waals surface area contributed by atoms with Gasteiger partial charge in [-0.15, -0.1) is 0 Å². The number of benzene rings is 6. The van der Waals surface area contributed by atoms with E-state index in [0.717, 1.165) is 0 Å². The largest absolute Gasteiger partial charge is 0.377 e. The average molecular weight is 493 g/mol. The molecule has 0 bridgehead atoms. The summed E-state index contributed by atoms with van der Waals surface area (Å²) in [6.07, 6.45) is 0. The van der Waals surface area contributed by atoms with Crippen molar-refractivity contribution in [2.75, 3.05) is 6.61 Å². The monoisotopic (exact) mass is 492 g/mol. The number of hydrogen-bond donors (Lipinski definition) is 0. The summed E-state index contributed by atoms with van der Waals surface area (Å²) in [6.45, 7) is 7.62. The molecule has 0 saturated heterocycles. The first-order chi connectivity index (χ1) is 18.6. The highest BCUT2D eigenvalue weighted by molar-refractivity contribution is 6.13. The standard InChI is InChI=1S/C37H32O/c1-4-38-24-31-11-7-8-12-33(31)37-35-22-30-10-6-5-9-29(30)21-32(35)23-34(27-17-13-25(2)14-18-27)36(37)28-19-15-26(3)16-20-28/h5-23H,4,24H2,1-3H3. The van der Waals surface area contributed by atoms with Crippen molar-refractivity contribution < 1.29 is 4.74 Å². The Balaban J connectivity index is 1.79. The van der Waals surface area contributed by atoms with Gasteiger partial charge in [0.1, 0.15) is 0 Å². The van der Waals surface area contributed by atoms with Gasteiger partial charge >= 0.3 is 0 Å². The summed E-state index contributed by atoms with van der Waals surface area (Å²) in [6, 6.07) is 42.4. The van der Waals surface area contributed by atoms with E-state index < -0.39 is 0 Å². The molecule has 0 aliphatic heterocycles. The highest BCUT2D eigenvalue weighted by atomic mass is 16.5. The van der Waals surface area contributed by atoms with Crippen LogP contribution in [0.4, 0.5) is 0 Å². The molecule has 1 heteroatoms. The lowest BCUT2D eigenvalue weighted by atomic mass is 9.82. The summed E-state index contributed by atoms with van der Waals surface area (Å²) in [5, 5.41) is 5.02. The zero-order valence-electron chi connectivity index (χ0n) is 22.3. The number of fused-ring (bicyclic) bond motifs is 2. The molecule has 0 fully saturated rings. The maximum atomic E-state index is 5.95. The van der Waals surface area contributed by atoms with E-state index in [0.29, 0.717) is 13.2 Å². The minimum absolute atomic E-state index is 0.587. The van der Waals surface area contributed by atoms with Crippen LogP contribution < -0.4 is 0 Å². The van der Waals surface area contributed by atoms with Crippen LogP contribution in [0, 0.1) is 13.8 Å². The lowest BCUT2D eigenvalue weighted by molar-refractivity contribution is 0.134. The van der Waals surface area contributed by atoms with Gasteiger partial charge in [-0.3, -0.25) is 0 Å². The topological polar surface area (TPSA) is 9.23 Å². The molecule has 0 amide bonds. The summed E-state index contributed by atoms with van der Waals surface area (Å²) in [5.74, 6) is 0. The van der Waals surface area contributed by atoms with Crippen LogP contribution >= 0.6 is 0 Å². The van der Waals surface area contributed by atoms with Gasteiger partial charge in [0, 0.05) is 6.61 Å². The maximum absolute atomic E-state index is 5.95. The molecule has 0 radical (unpaired) electrons. The first-order valence-corrected chi connectivity index (χ1v) is 13.4. The first-order valence-electron chi connectivity index (χ1n) is 13.4. The maximum Gasteiger partial charge on any atom is 0.0722 e. The first kappa shape index (κ1) is 24.2. The second-order valence-corrected chi connectivity index (χ2v) is 10.1. The van der Waals surface area contributed by atoms with E-state index in [-0.39, 0.29) is 0 Å². The predicted octanol–water partition coefficient (Wildman–Crippen LogP) is 10.1. The van der Waals surface area contributed by atoms with Crippen LogP contribution in [0.25, 0.3) is 54.9 Å². The Morgan fingerprint density at radius 2 is 1.13 bits per heavy atom. The Morgan fingerprint density at radius 3 is 1.82 bits per heavy atom. The van der Waals surface area contributed by atoms with E-state index in [9.17, 15) is 0 Å². The smallest absolute Gasteiger partial charge is 0.0722 e. The predicted molar refractivity (Wildman–Crippen MR) is 163 cm³/mol. The van der Waals surface area contributed by atoms with Gasteiger partial charge in [-0.2, -0.15) is 0 Å². The van der Waals surface area contributed by atoms with E-state index >= 15 is 0 Å². The van der Waals surface area contributed by atoms with Crippen molar-refractivity contribution >= 4 is 21.5 Å². The summed E-state index contributed by atoms with van der Waals surface area (Å²) in [7, 11) is 0. The van der Waals surface area contributed by atoms with Gasteiger partial charge in [-0.1, -0.05) is 108 Å². The second kappa shape index (κ2) is 10.3. The van der Waals surface area contributed by atoms with Crippen LogP contribution in [0.15, 0.2) is 115 Å². The summed E-state index contributed by atoms with van der Waals surface area (Å²) in [5.41, 5.74) is 11.2. The lowest BCUT2D eigenvalue weighted by Crippen LogP contribution is -1.99. The fourth-order valence-electron chi connectivity index (χ4n) is 5.45. The van der Waals surface area contributed by atoms with Gasteiger partial charge in [0.15, 0.2) is 0 Å². The van der Waals surface area contributed by atoms with Crippen LogP contribution in [-0.4, -0.2) is 6.61 Å². The lowest BCUT2D eigenvalue weighted by Gasteiger charge is -2.22. The van der Waals surface area contributed by atoms with Crippen molar-refractivity contribution in [3.8, 4) is 33.4 Å². The van der Waals surface area contributed by atoms with Gasteiger partial charge in [-0.25, -0.2) is 0 Å². The van der Waals surface area contributed by atoms with Crippen molar-refractivity contribution in [3.05, 3.63) is 132 Å². The molecule has 0 N–H and O–H groups in total. The van der Waals surface area contributed by atoms with Crippen molar-refractivity contribution in [3.63, 3.8) is 0 Å². The summed E-state index contributed by atoms with van der Waals surface area (Å²) in [4.78, 5) is 0. The molecule has 0 heterocycles. The zero-order chi connectivity index (χ0) is 26.1. The molecular weight excluding hydrogens is 460 g/mol. The Labute approximate surface area is 225 Å². The Kier molecular flexibility index (Phi) is 6.54. The summed E-state index contributed by atoms with van der Waals surface area (Å²) >= 11 is 0. The van der Waals surface area contributed by atoms with Gasteiger partial charge < -0.3 is 4.74 Å². The van der Waals surface area contributed by atoms with Crippen LogP contribution in [0.2, 0.25) is 0 Å². The van der Waals surface area contributed by atoms with Gasteiger partial charge in [0.2, 0.25) is 0 Å². The highest BCUT2D eigenvalue weighted by Crippen LogP contribution is 2.46. The molecule has 38 heavy (non-hydrogen) atoms. The molecule has 0 aliphatic rings. The van der Waals surface area contributed by atoms with Crippen LogP contribution in [-0.2, 0) is 11.3 Å². The molecular formula is C37H32O. The second-order valence-electron chi connectivity index (χ2n) is 10.1. The molecule has 6 aromatic rings. The molecule has 6 aromatic carbocycles. The van der Waals surface area contributed by atoms with E-state index in [1.807, 2.05) is 0 Å². The van der Waals surface area contributed by atoms with Gasteiger partial charge in [-0.05, 0) is 99.5 Å². The van der Waals surface area contributed by atoms with Crippen molar-refractivity contribution in [1.29, 1.82) is 0 Å². The van der Waals surface area contributed by atoms with Gasteiger partial charge in [0.25, 0.3) is 0 Å². The molecule has 1 nitrogen and oxygen atoms in total. The van der Waals surface area contributed by atoms with Crippen molar-refractivity contribution in [2.24, 2.45) is 0 Å². The van der Waals surface area contributed by atoms with E-state index in [4.69, 9.17) is 4.74 Å². The molecule has 6 rings (SSSR count). The van der Waals surface area contributed by atoms with Crippen LogP contribution in [0.1, 0.15) is 23.6 Å². The number of aryl methyl sites for hydroxylation is 2. The average Bonchev–Trinajstić information content (AvgIpc) is 2.95. The minimum atomic E-state index is 0.587. The minimum Gasteiger partial charge on any atom is -0.377 e. The molecule has 0 spiro atoms. The highest BCUT2D eigenvalue weighted by Gasteiger charge is 2.20. The quantitative estimate of drug-likeness (QED) is 0.210. The third-order valence-corrected chi connectivity index (χ3v) is 7.46. The van der Waals surface area contributed by atoms with Crippen molar-refractivity contribution in [1.82, 2.24) is 0 Å². The van der Waals surface area contributed by atoms with Crippen LogP contribution in [0.3, 0.4) is 0 Å². The van der Waals surface area contributed by atoms with E-state index in [2.05, 4.69) is 136 Å². The van der Waals surface area contributed by atoms with Gasteiger partial charge in [0.05, 0.1) is 6.61 Å². The molecule has 0 aromatic heterocycles. The Bertz CT molecular complexity index is 1740. The fourth-order valence-corrected chi connectivity index (χ4v) is 5.45. The van der Waals surface area contributed by atoms with E-state index in [1.165, 1.54) is 71.6 Å². The SMILES string of the molecule is CCOCc1ccccc1-c1c(-c2ccc(C)cc2)c(-c2ccc(C)cc2)cc2cc3ccccc3cc12. The Morgan fingerprint density at radius 1 is 0.526 bits per heavy atom. The zero-order valence-corrected chi connectivity index (χ0v) is 22.3. The Hall–Kier alpha value is -4.20. The molecule has 0 aliphatic carbocycles. The number of ether oxygens (including phenoxy) is 1. The molecule has 0 saturated carbocycles. The summed E-state index contributed by atoms with van der Waals surface area (Å²) < 4.78 is 5.95. The molecule has 0 unspecified atom stereocenters. The van der Waals surface area contributed by atoms with Crippen molar-refractivity contribution in [2.45, 2.75) is 27.4 Å². The number of hydrogen-bond acceptors (Lipinski definition) is 1. The normalized spacial score (nSPS) is 11.3. The molecule has 186 valence electrons. The third kappa shape index (κ3) is 4.51. The molecule has 0 atom stereocenters. The number of rotatable bonds is 6.